The first kappa shape index (κ1) is 22.4. The van der Waals surface area contributed by atoms with Gasteiger partial charge in [0, 0.05) is 4.47 Å². The van der Waals surface area contributed by atoms with Gasteiger partial charge in [-0.3, -0.25) is 9.69 Å². The molecular weight excluding hydrogens is 517 g/mol. The van der Waals surface area contributed by atoms with Crippen molar-refractivity contribution in [2.75, 3.05) is 18.1 Å². The summed E-state index contributed by atoms with van der Waals surface area (Å²) in [4.78, 5) is 14.9. The first-order valence-corrected chi connectivity index (χ1v) is 11.4. The molecule has 0 aromatic heterocycles. The van der Waals surface area contributed by atoms with Gasteiger partial charge in [0.15, 0.2) is 15.8 Å². The molecule has 0 aliphatic carbocycles. The molecule has 29 heavy (non-hydrogen) atoms. The average molecular weight is 533 g/mol. The van der Waals surface area contributed by atoms with Crippen LogP contribution in [0.25, 0.3) is 6.08 Å². The summed E-state index contributed by atoms with van der Waals surface area (Å²) in [6, 6.07) is 8.78. The van der Waals surface area contributed by atoms with E-state index in [0.717, 1.165) is 10.0 Å². The van der Waals surface area contributed by atoms with Crippen LogP contribution in [0.2, 0.25) is 10.0 Å². The molecule has 1 saturated heterocycles. The van der Waals surface area contributed by atoms with Crippen molar-refractivity contribution >= 4 is 85.1 Å². The van der Waals surface area contributed by atoms with E-state index in [-0.39, 0.29) is 5.91 Å². The van der Waals surface area contributed by atoms with Gasteiger partial charge in [-0.05, 0) is 71.7 Å². The molecule has 2 aromatic rings. The van der Waals surface area contributed by atoms with E-state index in [1.807, 2.05) is 13.8 Å². The van der Waals surface area contributed by atoms with Crippen molar-refractivity contribution in [1.29, 1.82) is 0 Å². The van der Waals surface area contributed by atoms with Gasteiger partial charge in [-0.2, -0.15) is 0 Å². The Labute approximate surface area is 197 Å². The first-order chi connectivity index (χ1) is 13.8. The van der Waals surface area contributed by atoms with Crippen molar-refractivity contribution in [2.45, 2.75) is 13.8 Å². The number of thioether (sulfide) groups is 1. The number of anilines is 1. The maximum atomic E-state index is 13.0. The third-order valence-corrected chi connectivity index (χ3v) is 6.69. The van der Waals surface area contributed by atoms with Gasteiger partial charge in [-0.25, -0.2) is 0 Å². The molecule has 152 valence electrons. The number of halogens is 3. The van der Waals surface area contributed by atoms with Gasteiger partial charge in [-0.15, -0.1) is 0 Å². The lowest BCUT2D eigenvalue weighted by Crippen LogP contribution is -2.27. The fourth-order valence-corrected chi connectivity index (χ4v) is 4.68. The molecule has 0 unspecified atom stereocenters. The molecule has 0 atom stereocenters. The zero-order chi connectivity index (χ0) is 21.1. The van der Waals surface area contributed by atoms with Crippen LogP contribution in [0.15, 0.2) is 39.7 Å². The van der Waals surface area contributed by atoms with Crippen LogP contribution in [-0.4, -0.2) is 23.4 Å². The Morgan fingerprint density at radius 3 is 2.52 bits per heavy atom. The predicted molar refractivity (Wildman–Crippen MR) is 129 cm³/mol. The molecule has 9 heteroatoms. The third kappa shape index (κ3) is 4.91. The van der Waals surface area contributed by atoms with Crippen LogP contribution >= 0.6 is 63.1 Å². The molecule has 0 saturated carbocycles. The molecule has 0 radical (unpaired) electrons. The standard InChI is InChI=1S/C20H16BrCl2NO3S2/c1-3-26-16-8-11(7-15(23)18(16)27-4-2)9-17-19(25)24(20(28)29-17)12-5-6-13(21)14(22)10-12/h5-10H,3-4H2,1-2H3/b17-9+. The zero-order valence-electron chi connectivity index (χ0n) is 15.5. The number of rotatable bonds is 6. The van der Waals surface area contributed by atoms with Gasteiger partial charge in [0.1, 0.15) is 0 Å². The summed E-state index contributed by atoms with van der Waals surface area (Å²) in [5.41, 5.74) is 1.33. The van der Waals surface area contributed by atoms with Crippen LogP contribution < -0.4 is 14.4 Å². The van der Waals surface area contributed by atoms with Gasteiger partial charge < -0.3 is 9.47 Å². The van der Waals surface area contributed by atoms with Crippen LogP contribution in [0.4, 0.5) is 5.69 Å². The summed E-state index contributed by atoms with van der Waals surface area (Å²) in [7, 11) is 0. The number of carbonyl (C=O) groups excluding carboxylic acids is 1. The predicted octanol–water partition coefficient (Wildman–Crippen LogP) is 6.96. The molecule has 1 aliphatic heterocycles. The summed E-state index contributed by atoms with van der Waals surface area (Å²) in [6.45, 7) is 4.68. The molecule has 2 aromatic carbocycles. The van der Waals surface area contributed by atoms with Gasteiger partial charge in [-0.1, -0.05) is 47.2 Å². The Bertz CT molecular complexity index is 1010. The topological polar surface area (TPSA) is 38.8 Å². The quantitative estimate of drug-likeness (QED) is 0.297. The second-order valence-corrected chi connectivity index (χ2v) is 9.16. The number of ether oxygens (including phenoxy) is 2. The van der Waals surface area contributed by atoms with E-state index in [1.165, 1.54) is 16.7 Å². The summed E-state index contributed by atoms with van der Waals surface area (Å²) < 4.78 is 12.4. The van der Waals surface area contributed by atoms with Crippen LogP contribution in [0.5, 0.6) is 11.5 Å². The number of hydrogen-bond donors (Lipinski definition) is 0. The maximum Gasteiger partial charge on any atom is 0.270 e. The first-order valence-electron chi connectivity index (χ1n) is 8.67. The number of nitrogens with zero attached hydrogens (tertiary/aromatic N) is 1. The van der Waals surface area contributed by atoms with Crippen molar-refractivity contribution in [2.24, 2.45) is 0 Å². The van der Waals surface area contributed by atoms with Gasteiger partial charge in [0.2, 0.25) is 0 Å². The van der Waals surface area contributed by atoms with E-state index in [2.05, 4.69) is 15.9 Å². The fourth-order valence-electron chi connectivity index (χ4n) is 2.68. The highest BCUT2D eigenvalue weighted by Gasteiger charge is 2.33. The molecule has 0 bridgehead atoms. The lowest BCUT2D eigenvalue weighted by atomic mass is 10.1. The van der Waals surface area contributed by atoms with Crippen LogP contribution in [-0.2, 0) is 4.79 Å². The van der Waals surface area contributed by atoms with E-state index < -0.39 is 0 Å². The zero-order valence-corrected chi connectivity index (χ0v) is 20.2. The normalized spacial score (nSPS) is 15.3. The number of hydrogen-bond acceptors (Lipinski definition) is 5. The monoisotopic (exact) mass is 531 g/mol. The summed E-state index contributed by atoms with van der Waals surface area (Å²) in [6.07, 6.45) is 1.74. The highest BCUT2D eigenvalue weighted by Crippen LogP contribution is 2.41. The second kappa shape index (κ2) is 9.71. The molecule has 1 fully saturated rings. The third-order valence-electron chi connectivity index (χ3n) is 3.87. The number of benzene rings is 2. The molecule has 0 spiro atoms. The number of thiocarbonyl (C=S) groups is 1. The Hall–Kier alpha value is -1.25. The smallest absolute Gasteiger partial charge is 0.270 e. The van der Waals surface area contributed by atoms with Crippen molar-refractivity contribution in [3.63, 3.8) is 0 Å². The summed E-state index contributed by atoms with van der Waals surface area (Å²) >= 11 is 22.5. The Kier molecular flexibility index (Phi) is 7.51. The molecule has 3 rings (SSSR count). The van der Waals surface area contributed by atoms with Crippen molar-refractivity contribution < 1.29 is 14.3 Å². The minimum Gasteiger partial charge on any atom is -0.490 e. The highest BCUT2D eigenvalue weighted by atomic mass is 79.9. The summed E-state index contributed by atoms with van der Waals surface area (Å²) in [5.74, 6) is 0.801. The Balaban J connectivity index is 1.95. The van der Waals surface area contributed by atoms with Crippen LogP contribution in [0, 0.1) is 0 Å². The lowest BCUT2D eigenvalue weighted by molar-refractivity contribution is -0.113. The maximum absolute atomic E-state index is 13.0. The molecule has 1 amide bonds. The second-order valence-electron chi connectivity index (χ2n) is 5.81. The number of amides is 1. The number of carbonyl (C=O) groups is 1. The van der Waals surface area contributed by atoms with Crippen LogP contribution in [0.1, 0.15) is 19.4 Å². The molecule has 0 N–H and O–H groups in total. The Morgan fingerprint density at radius 1 is 1.14 bits per heavy atom. The van der Waals surface area contributed by atoms with E-state index in [0.29, 0.717) is 49.7 Å². The lowest BCUT2D eigenvalue weighted by Gasteiger charge is -2.15. The molecular formula is C20H16BrCl2NO3S2. The fraction of sp³-hybridized carbons (Fsp3) is 0.200. The van der Waals surface area contributed by atoms with Gasteiger partial charge in [0.25, 0.3) is 5.91 Å². The van der Waals surface area contributed by atoms with Crippen molar-refractivity contribution in [3.8, 4) is 11.5 Å². The van der Waals surface area contributed by atoms with E-state index >= 15 is 0 Å². The summed E-state index contributed by atoms with van der Waals surface area (Å²) in [5, 5.41) is 0.916. The largest absolute Gasteiger partial charge is 0.490 e. The van der Waals surface area contributed by atoms with Gasteiger partial charge in [0.05, 0.1) is 33.9 Å². The van der Waals surface area contributed by atoms with Crippen molar-refractivity contribution in [3.05, 3.63) is 55.3 Å². The SMILES string of the molecule is CCOc1cc(/C=C2/SC(=S)N(c3ccc(Br)c(Cl)c3)C2=O)cc(Cl)c1OCC. The van der Waals surface area contributed by atoms with Gasteiger partial charge >= 0.3 is 0 Å². The van der Waals surface area contributed by atoms with E-state index in [1.54, 1.807) is 36.4 Å². The van der Waals surface area contributed by atoms with Crippen LogP contribution in [0.3, 0.4) is 0 Å². The highest BCUT2D eigenvalue weighted by molar-refractivity contribution is 9.10. The minimum absolute atomic E-state index is 0.221. The van der Waals surface area contributed by atoms with E-state index in [9.17, 15) is 4.79 Å². The average Bonchev–Trinajstić information content (AvgIpc) is 2.94. The molecule has 1 aliphatic rings. The Morgan fingerprint density at radius 2 is 1.86 bits per heavy atom. The minimum atomic E-state index is -0.221. The molecule has 1 heterocycles. The van der Waals surface area contributed by atoms with Crippen molar-refractivity contribution in [1.82, 2.24) is 0 Å². The molecule has 4 nitrogen and oxygen atoms in total. The van der Waals surface area contributed by atoms with E-state index in [4.69, 9.17) is 44.9 Å².